The van der Waals surface area contributed by atoms with Crippen molar-refractivity contribution < 1.29 is 4.74 Å². The monoisotopic (exact) mass is 305 g/mol. The van der Waals surface area contributed by atoms with Gasteiger partial charge >= 0.3 is 0 Å². The van der Waals surface area contributed by atoms with Crippen molar-refractivity contribution in [1.29, 1.82) is 0 Å². The molecule has 0 spiro atoms. The van der Waals surface area contributed by atoms with Crippen LogP contribution in [0.2, 0.25) is 0 Å². The van der Waals surface area contributed by atoms with Gasteiger partial charge in [-0.05, 0) is 37.1 Å². The molecule has 2 aromatic carbocycles. The van der Waals surface area contributed by atoms with E-state index in [0.717, 1.165) is 41.5 Å². The van der Waals surface area contributed by atoms with E-state index in [4.69, 9.17) is 9.84 Å². The molecule has 0 aliphatic carbocycles. The van der Waals surface area contributed by atoms with Gasteiger partial charge in [-0.25, -0.2) is 4.68 Å². The number of rotatable bonds is 3. The van der Waals surface area contributed by atoms with Gasteiger partial charge in [-0.15, -0.1) is 0 Å². The van der Waals surface area contributed by atoms with Crippen molar-refractivity contribution in [2.45, 2.75) is 13.3 Å². The maximum atomic E-state index is 5.53. The van der Waals surface area contributed by atoms with Gasteiger partial charge in [0.25, 0.3) is 0 Å². The zero-order chi connectivity index (χ0) is 15.8. The highest BCUT2D eigenvalue weighted by Gasteiger charge is 2.25. The minimum absolute atomic E-state index is 0.858. The van der Waals surface area contributed by atoms with Gasteiger partial charge in [-0.1, -0.05) is 30.3 Å². The average molecular weight is 305 g/mol. The quantitative estimate of drug-likeness (QED) is 0.799. The molecule has 0 bridgehead atoms. The number of anilines is 1. The molecule has 0 amide bonds. The third-order valence-corrected chi connectivity index (χ3v) is 4.36. The second kappa shape index (κ2) is 5.47. The maximum Gasteiger partial charge on any atom is 0.133 e. The molecule has 2 heterocycles. The lowest BCUT2D eigenvalue weighted by atomic mass is 10.1. The molecule has 0 saturated carbocycles. The fourth-order valence-corrected chi connectivity index (χ4v) is 3.21. The van der Waals surface area contributed by atoms with Gasteiger partial charge in [0.1, 0.15) is 17.3 Å². The summed E-state index contributed by atoms with van der Waals surface area (Å²) in [6, 6.07) is 16.4. The SMILES string of the molecule is COc1ccccc1-c1nn(-c2ccccc2C)c2c1CCN2. The largest absolute Gasteiger partial charge is 0.496 e. The van der Waals surface area contributed by atoms with Crippen LogP contribution in [-0.2, 0) is 6.42 Å². The Hall–Kier alpha value is -2.75. The zero-order valence-electron chi connectivity index (χ0n) is 13.3. The molecule has 1 aliphatic heterocycles. The molecule has 3 aromatic rings. The average Bonchev–Trinajstić information content (AvgIpc) is 3.18. The van der Waals surface area contributed by atoms with E-state index in [-0.39, 0.29) is 0 Å². The fraction of sp³-hybridized carbons (Fsp3) is 0.211. The van der Waals surface area contributed by atoms with Gasteiger partial charge in [0.2, 0.25) is 0 Å². The van der Waals surface area contributed by atoms with Crippen LogP contribution in [0.3, 0.4) is 0 Å². The maximum absolute atomic E-state index is 5.53. The van der Waals surface area contributed by atoms with E-state index >= 15 is 0 Å². The van der Waals surface area contributed by atoms with Crippen LogP contribution in [0.4, 0.5) is 5.82 Å². The van der Waals surface area contributed by atoms with Crippen LogP contribution in [0.5, 0.6) is 5.75 Å². The number of aromatic nitrogens is 2. The van der Waals surface area contributed by atoms with Crippen molar-refractivity contribution in [3.05, 3.63) is 59.7 Å². The third-order valence-electron chi connectivity index (χ3n) is 4.36. The number of methoxy groups -OCH3 is 1. The van der Waals surface area contributed by atoms with E-state index in [1.165, 1.54) is 11.1 Å². The predicted molar refractivity (Wildman–Crippen MR) is 92.5 cm³/mol. The van der Waals surface area contributed by atoms with Crippen molar-refractivity contribution >= 4 is 5.82 Å². The Bertz CT molecular complexity index is 867. The Balaban J connectivity index is 1.94. The number of ether oxygens (including phenoxy) is 1. The standard InChI is InChI=1S/C19H19N3O/c1-13-7-3-5-9-16(13)22-19-15(11-12-20-19)18(21-22)14-8-4-6-10-17(14)23-2/h3-10,20H,11-12H2,1-2H3. The van der Waals surface area contributed by atoms with Gasteiger partial charge in [-0.3, -0.25) is 0 Å². The summed E-state index contributed by atoms with van der Waals surface area (Å²) in [6.07, 6.45) is 0.981. The highest BCUT2D eigenvalue weighted by atomic mass is 16.5. The van der Waals surface area contributed by atoms with E-state index in [2.05, 4.69) is 36.5 Å². The summed E-state index contributed by atoms with van der Waals surface area (Å²) in [5, 5.41) is 8.40. The molecular formula is C19H19N3O. The number of hydrogen-bond donors (Lipinski definition) is 1. The highest BCUT2D eigenvalue weighted by Crippen LogP contribution is 2.38. The van der Waals surface area contributed by atoms with Crippen LogP contribution >= 0.6 is 0 Å². The summed E-state index contributed by atoms with van der Waals surface area (Å²) in [5.41, 5.74) is 5.63. The minimum Gasteiger partial charge on any atom is -0.496 e. The van der Waals surface area contributed by atoms with E-state index in [9.17, 15) is 0 Å². The predicted octanol–water partition coefficient (Wildman–Crippen LogP) is 3.82. The van der Waals surface area contributed by atoms with Crippen LogP contribution < -0.4 is 10.1 Å². The first-order valence-corrected chi connectivity index (χ1v) is 7.85. The summed E-state index contributed by atoms with van der Waals surface area (Å²) in [7, 11) is 1.70. The Morgan fingerprint density at radius 3 is 2.70 bits per heavy atom. The van der Waals surface area contributed by atoms with Crippen molar-refractivity contribution in [2.75, 3.05) is 19.0 Å². The molecule has 0 saturated heterocycles. The molecule has 1 N–H and O–H groups in total. The van der Waals surface area contributed by atoms with E-state index < -0.39 is 0 Å². The molecule has 4 rings (SSSR count). The molecule has 23 heavy (non-hydrogen) atoms. The van der Waals surface area contributed by atoms with Crippen molar-refractivity contribution in [3.63, 3.8) is 0 Å². The van der Waals surface area contributed by atoms with Crippen molar-refractivity contribution in [3.8, 4) is 22.7 Å². The normalized spacial score (nSPS) is 12.8. The second-order valence-corrected chi connectivity index (χ2v) is 5.75. The molecule has 0 radical (unpaired) electrons. The van der Waals surface area contributed by atoms with Crippen LogP contribution in [-0.4, -0.2) is 23.4 Å². The van der Waals surface area contributed by atoms with Crippen LogP contribution in [0.25, 0.3) is 16.9 Å². The number of hydrogen-bond acceptors (Lipinski definition) is 3. The molecule has 1 aromatic heterocycles. The van der Waals surface area contributed by atoms with Gasteiger partial charge in [0.15, 0.2) is 0 Å². The number of para-hydroxylation sites is 2. The lowest BCUT2D eigenvalue weighted by Crippen LogP contribution is -2.05. The molecule has 1 aliphatic rings. The first kappa shape index (κ1) is 13.9. The lowest BCUT2D eigenvalue weighted by molar-refractivity contribution is 0.416. The van der Waals surface area contributed by atoms with Gasteiger partial charge < -0.3 is 10.1 Å². The van der Waals surface area contributed by atoms with Crippen molar-refractivity contribution in [1.82, 2.24) is 9.78 Å². The molecule has 116 valence electrons. The number of fused-ring (bicyclic) bond motifs is 1. The summed E-state index contributed by atoms with van der Waals surface area (Å²) in [5.74, 6) is 1.96. The van der Waals surface area contributed by atoms with Crippen LogP contribution in [0, 0.1) is 6.92 Å². The minimum atomic E-state index is 0.858. The Morgan fingerprint density at radius 2 is 1.87 bits per heavy atom. The van der Waals surface area contributed by atoms with Gasteiger partial charge in [0.05, 0.1) is 12.8 Å². The van der Waals surface area contributed by atoms with E-state index in [1.54, 1.807) is 7.11 Å². The first-order valence-electron chi connectivity index (χ1n) is 7.85. The number of aryl methyl sites for hydroxylation is 1. The number of nitrogens with one attached hydrogen (secondary N) is 1. The fourth-order valence-electron chi connectivity index (χ4n) is 3.21. The molecule has 4 heteroatoms. The number of nitrogens with zero attached hydrogens (tertiary/aromatic N) is 2. The van der Waals surface area contributed by atoms with Gasteiger partial charge in [-0.2, -0.15) is 5.10 Å². The second-order valence-electron chi connectivity index (χ2n) is 5.75. The Labute approximate surface area is 135 Å². The van der Waals surface area contributed by atoms with Crippen LogP contribution in [0.15, 0.2) is 48.5 Å². The Kier molecular flexibility index (Phi) is 3.30. The Morgan fingerprint density at radius 1 is 1.09 bits per heavy atom. The van der Waals surface area contributed by atoms with E-state index in [1.807, 2.05) is 28.9 Å². The first-order chi connectivity index (χ1) is 11.3. The van der Waals surface area contributed by atoms with Crippen LogP contribution in [0.1, 0.15) is 11.1 Å². The van der Waals surface area contributed by atoms with Crippen molar-refractivity contribution in [2.24, 2.45) is 0 Å². The summed E-state index contributed by atoms with van der Waals surface area (Å²) < 4.78 is 7.56. The smallest absolute Gasteiger partial charge is 0.133 e. The molecule has 4 nitrogen and oxygen atoms in total. The summed E-state index contributed by atoms with van der Waals surface area (Å²) in [6.45, 7) is 3.06. The number of benzene rings is 2. The zero-order valence-corrected chi connectivity index (χ0v) is 13.3. The highest BCUT2D eigenvalue weighted by molar-refractivity contribution is 5.76. The van der Waals surface area contributed by atoms with E-state index in [0.29, 0.717) is 0 Å². The molecule has 0 atom stereocenters. The summed E-state index contributed by atoms with van der Waals surface area (Å²) in [4.78, 5) is 0. The molecular weight excluding hydrogens is 286 g/mol. The topological polar surface area (TPSA) is 39.1 Å². The molecule has 0 unspecified atom stereocenters. The molecule has 0 fully saturated rings. The van der Waals surface area contributed by atoms with Gasteiger partial charge in [0, 0.05) is 17.7 Å². The third kappa shape index (κ3) is 2.18. The lowest BCUT2D eigenvalue weighted by Gasteiger charge is -2.09. The summed E-state index contributed by atoms with van der Waals surface area (Å²) >= 11 is 0.